The smallest absolute Gasteiger partial charge is 0.465 e. The first-order valence-electron chi connectivity index (χ1n) is 7.11. The third-order valence-electron chi connectivity index (χ3n) is 3.60. The molecule has 1 heterocycles. The van der Waals surface area contributed by atoms with Crippen LogP contribution in [-0.4, -0.2) is 22.6 Å². The number of alkyl halides is 3. The molecular weight excluding hydrogens is 321 g/mol. The van der Waals surface area contributed by atoms with Gasteiger partial charge in [-0.2, -0.15) is 0 Å². The molecule has 2 aromatic carbocycles. The van der Waals surface area contributed by atoms with Gasteiger partial charge in [-0.05, 0) is 23.8 Å². The number of nitrogens with zero attached hydrogens (tertiary/aromatic N) is 2. The van der Waals surface area contributed by atoms with Gasteiger partial charge >= 0.3 is 12.3 Å². The lowest BCUT2D eigenvalue weighted by molar-refractivity contribution is -0.202. The van der Waals surface area contributed by atoms with Gasteiger partial charge in [-0.25, -0.2) is 14.3 Å². The van der Waals surface area contributed by atoms with Crippen molar-refractivity contribution in [2.75, 3.05) is 7.11 Å². The van der Waals surface area contributed by atoms with E-state index in [0.717, 1.165) is 0 Å². The maximum atomic E-state index is 13.5. The number of benzene rings is 2. The van der Waals surface area contributed by atoms with Crippen LogP contribution < -0.4 is 0 Å². The van der Waals surface area contributed by atoms with Gasteiger partial charge in [0.2, 0.25) is 0 Å². The van der Waals surface area contributed by atoms with Crippen LogP contribution in [0.3, 0.4) is 0 Å². The molecule has 124 valence electrons. The van der Waals surface area contributed by atoms with Gasteiger partial charge < -0.3 is 4.74 Å². The van der Waals surface area contributed by atoms with Crippen LogP contribution in [0, 0.1) is 0 Å². The number of fused-ring (bicyclic) bond motifs is 1. The number of carbonyl (C=O) groups is 1. The van der Waals surface area contributed by atoms with Crippen molar-refractivity contribution in [1.29, 1.82) is 0 Å². The monoisotopic (exact) mass is 334 g/mol. The molecule has 0 fully saturated rings. The Kier molecular flexibility index (Phi) is 4.01. The molecular formula is C17H13F3N2O2. The molecule has 0 atom stereocenters. The minimum absolute atomic E-state index is 0.0303. The van der Waals surface area contributed by atoms with E-state index >= 15 is 0 Å². The molecule has 0 aliphatic rings. The first-order valence-corrected chi connectivity index (χ1v) is 7.11. The van der Waals surface area contributed by atoms with Crippen LogP contribution in [0.25, 0.3) is 11.0 Å². The van der Waals surface area contributed by atoms with E-state index in [2.05, 4.69) is 9.72 Å². The summed E-state index contributed by atoms with van der Waals surface area (Å²) in [5.41, 5.74) is 0.872. The van der Waals surface area contributed by atoms with Crippen LogP contribution >= 0.6 is 0 Å². The van der Waals surface area contributed by atoms with Crippen molar-refractivity contribution in [3.63, 3.8) is 0 Å². The molecule has 0 aliphatic heterocycles. The third kappa shape index (κ3) is 2.97. The Bertz CT molecular complexity index is 886. The van der Waals surface area contributed by atoms with Crippen LogP contribution in [-0.2, 0) is 17.5 Å². The summed E-state index contributed by atoms with van der Waals surface area (Å²) in [5.74, 6) is -0.756. The van der Waals surface area contributed by atoms with E-state index in [1.165, 1.54) is 25.3 Å². The first kappa shape index (κ1) is 16.0. The van der Waals surface area contributed by atoms with Crippen LogP contribution in [0.5, 0.6) is 0 Å². The van der Waals surface area contributed by atoms with Crippen molar-refractivity contribution < 1.29 is 22.7 Å². The predicted molar refractivity (Wildman–Crippen MR) is 81.6 cm³/mol. The van der Waals surface area contributed by atoms with Crippen LogP contribution in [0.4, 0.5) is 13.2 Å². The molecule has 0 spiro atoms. The third-order valence-corrected chi connectivity index (χ3v) is 3.60. The molecule has 3 rings (SSSR count). The summed E-state index contributed by atoms with van der Waals surface area (Å²) in [6.07, 6.45) is -4.58. The summed E-state index contributed by atoms with van der Waals surface area (Å²) in [7, 11) is 1.21. The molecule has 24 heavy (non-hydrogen) atoms. The predicted octanol–water partition coefficient (Wildman–Crippen LogP) is 3.89. The molecule has 3 aromatic rings. The SMILES string of the molecule is COC(=O)c1ccc2c(c1)nc(Cc1ccccc1)n2C(F)(F)F. The maximum Gasteiger partial charge on any atom is 0.490 e. The largest absolute Gasteiger partial charge is 0.490 e. The van der Waals surface area contributed by atoms with E-state index in [9.17, 15) is 18.0 Å². The summed E-state index contributed by atoms with van der Waals surface area (Å²) in [4.78, 5) is 15.6. The van der Waals surface area contributed by atoms with Crippen molar-refractivity contribution in [3.05, 3.63) is 65.5 Å². The molecule has 4 nitrogen and oxygen atoms in total. The Morgan fingerprint density at radius 1 is 1.17 bits per heavy atom. The fourth-order valence-electron chi connectivity index (χ4n) is 2.55. The van der Waals surface area contributed by atoms with Gasteiger partial charge in [-0.3, -0.25) is 0 Å². The van der Waals surface area contributed by atoms with E-state index in [-0.39, 0.29) is 33.4 Å². The highest BCUT2D eigenvalue weighted by Gasteiger charge is 2.35. The van der Waals surface area contributed by atoms with Gasteiger partial charge in [0.25, 0.3) is 0 Å². The quantitative estimate of drug-likeness (QED) is 0.683. The van der Waals surface area contributed by atoms with E-state index in [4.69, 9.17) is 0 Å². The van der Waals surface area contributed by atoms with E-state index in [0.29, 0.717) is 5.56 Å². The highest BCUT2D eigenvalue weighted by atomic mass is 19.4. The number of ether oxygens (including phenoxy) is 1. The van der Waals surface area contributed by atoms with Gasteiger partial charge in [-0.15, -0.1) is 13.2 Å². The number of esters is 1. The summed E-state index contributed by atoms with van der Waals surface area (Å²) in [5, 5.41) is 0. The summed E-state index contributed by atoms with van der Waals surface area (Å²) in [6.45, 7) is 0. The zero-order valence-electron chi connectivity index (χ0n) is 12.7. The Morgan fingerprint density at radius 3 is 2.50 bits per heavy atom. The zero-order chi connectivity index (χ0) is 17.3. The number of rotatable bonds is 3. The lowest BCUT2D eigenvalue weighted by Crippen LogP contribution is -2.19. The first-order chi connectivity index (χ1) is 11.4. The van der Waals surface area contributed by atoms with Crippen molar-refractivity contribution in [2.24, 2.45) is 0 Å². The number of methoxy groups -OCH3 is 1. The number of halogens is 3. The number of aromatic nitrogens is 2. The second-order valence-corrected chi connectivity index (χ2v) is 5.19. The molecule has 1 aromatic heterocycles. The number of carbonyl (C=O) groups excluding carboxylic acids is 1. The maximum absolute atomic E-state index is 13.5. The molecule has 0 amide bonds. The van der Waals surface area contributed by atoms with Crippen molar-refractivity contribution in [1.82, 2.24) is 9.55 Å². The minimum Gasteiger partial charge on any atom is -0.465 e. The molecule has 0 unspecified atom stereocenters. The summed E-state index contributed by atoms with van der Waals surface area (Å²) in [6, 6.07) is 12.6. The summed E-state index contributed by atoms with van der Waals surface area (Å²) < 4.78 is 45.2. The average molecular weight is 334 g/mol. The van der Waals surface area contributed by atoms with Crippen LogP contribution in [0.1, 0.15) is 21.7 Å². The Balaban J connectivity index is 2.14. The van der Waals surface area contributed by atoms with Gasteiger partial charge in [0.1, 0.15) is 5.82 Å². The number of imidazole rings is 1. The Morgan fingerprint density at radius 2 is 1.88 bits per heavy atom. The number of hydrogen-bond donors (Lipinski definition) is 0. The summed E-state index contributed by atoms with van der Waals surface area (Å²) >= 11 is 0. The Hall–Kier alpha value is -2.83. The molecule has 0 saturated carbocycles. The lowest BCUT2D eigenvalue weighted by atomic mass is 10.1. The van der Waals surface area contributed by atoms with Crippen LogP contribution in [0.2, 0.25) is 0 Å². The standard InChI is InChI=1S/C17H13F3N2O2/c1-24-16(23)12-7-8-14-13(10-12)21-15(22(14)17(18,19)20)9-11-5-3-2-4-6-11/h2-8,10H,9H2,1H3. The van der Waals surface area contributed by atoms with Gasteiger partial charge in [0.05, 0.1) is 23.7 Å². The second kappa shape index (κ2) is 5.99. The fourth-order valence-corrected chi connectivity index (χ4v) is 2.55. The highest BCUT2D eigenvalue weighted by molar-refractivity contribution is 5.93. The van der Waals surface area contributed by atoms with E-state index < -0.39 is 12.3 Å². The van der Waals surface area contributed by atoms with Crippen molar-refractivity contribution >= 4 is 17.0 Å². The van der Waals surface area contributed by atoms with E-state index in [1.807, 2.05) is 0 Å². The van der Waals surface area contributed by atoms with Crippen LogP contribution in [0.15, 0.2) is 48.5 Å². The normalized spacial score (nSPS) is 11.7. The molecule has 0 N–H and O–H groups in total. The molecule has 0 radical (unpaired) electrons. The topological polar surface area (TPSA) is 44.1 Å². The molecule has 0 saturated heterocycles. The minimum atomic E-state index is -4.61. The lowest BCUT2D eigenvalue weighted by Gasteiger charge is -2.12. The molecule has 0 bridgehead atoms. The van der Waals surface area contributed by atoms with Gasteiger partial charge in [-0.1, -0.05) is 30.3 Å². The number of hydrogen-bond acceptors (Lipinski definition) is 3. The fraction of sp³-hybridized carbons (Fsp3) is 0.176. The van der Waals surface area contributed by atoms with Gasteiger partial charge in [0, 0.05) is 6.42 Å². The van der Waals surface area contributed by atoms with Crippen molar-refractivity contribution in [2.45, 2.75) is 12.7 Å². The average Bonchev–Trinajstić information content (AvgIpc) is 2.92. The van der Waals surface area contributed by atoms with Gasteiger partial charge in [0.15, 0.2) is 0 Å². The Labute approximate surface area is 135 Å². The molecule has 7 heteroatoms. The zero-order valence-corrected chi connectivity index (χ0v) is 12.7. The molecule has 0 aliphatic carbocycles. The van der Waals surface area contributed by atoms with Crippen molar-refractivity contribution in [3.8, 4) is 0 Å². The second-order valence-electron chi connectivity index (χ2n) is 5.19. The van der Waals surface area contributed by atoms with E-state index in [1.54, 1.807) is 30.3 Å². The highest BCUT2D eigenvalue weighted by Crippen LogP contribution is 2.31.